The first-order chi connectivity index (χ1) is 12.4. The smallest absolute Gasteiger partial charge is 0.358 e. The van der Waals surface area contributed by atoms with Gasteiger partial charge in [-0.15, -0.1) is 11.3 Å². The molecule has 26 heavy (non-hydrogen) atoms. The van der Waals surface area contributed by atoms with Crippen LogP contribution in [0.3, 0.4) is 0 Å². The van der Waals surface area contributed by atoms with Crippen molar-refractivity contribution in [1.29, 1.82) is 0 Å². The number of thiazole rings is 1. The molecule has 1 aromatic heterocycles. The summed E-state index contributed by atoms with van der Waals surface area (Å²) >= 11 is 1.39. The minimum atomic E-state index is -0.791. The lowest BCUT2D eigenvalue weighted by atomic mass is 9.99. The first-order valence-electron chi connectivity index (χ1n) is 8.96. The van der Waals surface area contributed by atoms with Crippen LogP contribution in [0.15, 0.2) is 29.6 Å². The number of hydrogen-bond acceptors (Lipinski definition) is 5. The monoisotopic (exact) mass is 372 g/mol. The van der Waals surface area contributed by atoms with Crippen LogP contribution >= 0.6 is 11.3 Å². The summed E-state index contributed by atoms with van der Waals surface area (Å²) in [4.78, 5) is 31.0. The lowest BCUT2D eigenvalue weighted by Crippen LogP contribution is -2.44. The van der Waals surface area contributed by atoms with E-state index < -0.39 is 12.1 Å². The van der Waals surface area contributed by atoms with E-state index >= 15 is 0 Å². The molecule has 0 spiro atoms. The van der Waals surface area contributed by atoms with E-state index in [0.29, 0.717) is 5.92 Å². The van der Waals surface area contributed by atoms with Gasteiger partial charge in [-0.1, -0.05) is 36.8 Å². The Labute approximate surface area is 158 Å². The van der Waals surface area contributed by atoms with Crippen LogP contribution < -0.4 is 0 Å². The molecule has 5 nitrogen and oxygen atoms in total. The van der Waals surface area contributed by atoms with Crippen LogP contribution in [0.25, 0.3) is 10.6 Å². The number of rotatable bonds is 4. The fraction of sp³-hybridized carbons (Fsp3) is 0.450. The number of hydrogen-bond donors (Lipinski definition) is 0. The topological polar surface area (TPSA) is 59.5 Å². The summed E-state index contributed by atoms with van der Waals surface area (Å²) in [7, 11) is 0. The van der Waals surface area contributed by atoms with Gasteiger partial charge in [-0.25, -0.2) is 9.78 Å². The molecule has 0 saturated carbocycles. The summed E-state index contributed by atoms with van der Waals surface area (Å²) in [6.45, 7) is 7.31. The van der Waals surface area contributed by atoms with Crippen molar-refractivity contribution >= 4 is 23.2 Å². The molecule has 6 heteroatoms. The molecule has 1 amide bonds. The number of esters is 1. The highest BCUT2D eigenvalue weighted by Crippen LogP contribution is 2.24. The zero-order valence-corrected chi connectivity index (χ0v) is 16.2. The van der Waals surface area contributed by atoms with Crippen molar-refractivity contribution in [3.05, 3.63) is 40.9 Å². The number of piperidine rings is 1. The van der Waals surface area contributed by atoms with Crippen molar-refractivity contribution in [1.82, 2.24) is 9.88 Å². The summed E-state index contributed by atoms with van der Waals surface area (Å²) < 4.78 is 5.36. The van der Waals surface area contributed by atoms with Crippen molar-refractivity contribution in [2.24, 2.45) is 5.92 Å². The third-order valence-electron chi connectivity index (χ3n) is 4.74. The number of nitrogens with zero attached hydrogens (tertiary/aromatic N) is 2. The lowest BCUT2D eigenvalue weighted by Gasteiger charge is -2.31. The molecule has 0 radical (unpaired) electrons. The first-order valence-corrected chi connectivity index (χ1v) is 9.84. The van der Waals surface area contributed by atoms with Crippen LogP contribution in [0.2, 0.25) is 0 Å². The zero-order valence-electron chi connectivity index (χ0n) is 15.4. The molecule has 2 aromatic rings. The molecule has 3 rings (SSSR count). The molecule has 1 fully saturated rings. The van der Waals surface area contributed by atoms with Crippen LogP contribution in [0.5, 0.6) is 0 Å². The van der Waals surface area contributed by atoms with Gasteiger partial charge < -0.3 is 9.64 Å². The standard InChI is InChI=1S/C20H24N2O3S/c1-13-4-6-16(7-5-13)18-21-17(12-26-18)20(24)25-15(3)19(23)22-10-8-14(2)9-11-22/h4-7,12,14-15H,8-11H2,1-3H3. The molecule has 1 aliphatic rings. The van der Waals surface area contributed by atoms with E-state index in [4.69, 9.17) is 4.74 Å². The van der Waals surface area contributed by atoms with Gasteiger partial charge in [0.2, 0.25) is 0 Å². The van der Waals surface area contributed by atoms with Crippen LogP contribution in [-0.2, 0) is 9.53 Å². The molecular formula is C20H24N2O3S. The van der Waals surface area contributed by atoms with Crippen LogP contribution in [0.1, 0.15) is 42.7 Å². The molecule has 138 valence electrons. The lowest BCUT2D eigenvalue weighted by molar-refractivity contribution is -0.141. The number of ether oxygens (including phenoxy) is 1. The van der Waals surface area contributed by atoms with E-state index in [1.807, 2.05) is 31.2 Å². The van der Waals surface area contributed by atoms with Crippen molar-refractivity contribution in [3.8, 4) is 10.6 Å². The van der Waals surface area contributed by atoms with Gasteiger partial charge in [-0.05, 0) is 32.6 Å². The predicted octanol–water partition coefficient (Wildman–Crippen LogP) is 3.92. The fourth-order valence-electron chi connectivity index (χ4n) is 2.95. The maximum absolute atomic E-state index is 12.5. The molecule has 1 unspecified atom stereocenters. The second kappa shape index (κ2) is 7.99. The van der Waals surface area contributed by atoms with Crippen molar-refractivity contribution in [3.63, 3.8) is 0 Å². The molecule has 0 aliphatic carbocycles. The van der Waals surface area contributed by atoms with Crippen LogP contribution in [-0.4, -0.2) is 41.0 Å². The second-order valence-corrected chi connectivity index (χ2v) is 7.82. The van der Waals surface area contributed by atoms with E-state index in [9.17, 15) is 9.59 Å². The number of aryl methyl sites for hydroxylation is 1. The van der Waals surface area contributed by atoms with E-state index in [2.05, 4.69) is 11.9 Å². The Bertz CT molecular complexity index is 777. The average molecular weight is 372 g/mol. The average Bonchev–Trinajstić information content (AvgIpc) is 3.12. The largest absolute Gasteiger partial charge is 0.448 e. The number of carbonyl (C=O) groups is 2. The van der Waals surface area contributed by atoms with E-state index in [1.165, 1.54) is 16.9 Å². The normalized spacial score (nSPS) is 16.3. The third kappa shape index (κ3) is 4.30. The van der Waals surface area contributed by atoms with Gasteiger partial charge in [-0.2, -0.15) is 0 Å². The first kappa shape index (κ1) is 18.6. The summed E-state index contributed by atoms with van der Waals surface area (Å²) in [5.41, 5.74) is 2.38. The summed E-state index contributed by atoms with van der Waals surface area (Å²) in [6, 6.07) is 7.98. The third-order valence-corrected chi connectivity index (χ3v) is 5.63. The molecule has 1 aliphatic heterocycles. The van der Waals surface area contributed by atoms with Crippen molar-refractivity contribution in [2.75, 3.05) is 13.1 Å². The molecule has 2 heterocycles. The SMILES string of the molecule is Cc1ccc(-c2nc(C(=O)OC(C)C(=O)N3CCC(C)CC3)cs2)cc1. The minimum Gasteiger partial charge on any atom is -0.448 e. The molecule has 0 N–H and O–H groups in total. The maximum Gasteiger partial charge on any atom is 0.358 e. The summed E-state index contributed by atoms with van der Waals surface area (Å²) in [6.07, 6.45) is 1.21. The van der Waals surface area contributed by atoms with E-state index in [-0.39, 0.29) is 11.6 Å². The predicted molar refractivity (Wildman–Crippen MR) is 102 cm³/mol. The van der Waals surface area contributed by atoms with Crippen molar-refractivity contribution in [2.45, 2.75) is 39.7 Å². The number of amides is 1. The molecule has 0 bridgehead atoms. The Morgan fingerprint density at radius 2 is 1.88 bits per heavy atom. The minimum absolute atomic E-state index is 0.126. The quantitative estimate of drug-likeness (QED) is 0.763. The number of benzene rings is 1. The Kier molecular flexibility index (Phi) is 5.71. The number of carbonyl (C=O) groups excluding carboxylic acids is 2. The summed E-state index contributed by atoms with van der Waals surface area (Å²) in [5.74, 6) is -0.0304. The Hall–Kier alpha value is -2.21. The number of aromatic nitrogens is 1. The highest BCUT2D eigenvalue weighted by Gasteiger charge is 2.27. The van der Waals surface area contributed by atoms with Gasteiger partial charge in [0, 0.05) is 24.0 Å². The highest BCUT2D eigenvalue weighted by atomic mass is 32.1. The van der Waals surface area contributed by atoms with Gasteiger partial charge in [0.25, 0.3) is 5.91 Å². The Balaban J connectivity index is 1.61. The van der Waals surface area contributed by atoms with Gasteiger partial charge in [0.1, 0.15) is 5.01 Å². The number of likely N-dealkylation sites (tertiary alicyclic amines) is 1. The maximum atomic E-state index is 12.5. The molecule has 1 saturated heterocycles. The zero-order chi connectivity index (χ0) is 18.7. The highest BCUT2D eigenvalue weighted by molar-refractivity contribution is 7.13. The Morgan fingerprint density at radius 3 is 2.54 bits per heavy atom. The van der Waals surface area contributed by atoms with Crippen molar-refractivity contribution < 1.29 is 14.3 Å². The van der Waals surface area contributed by atoms with Gasteiger partial charge in [0.05, 0.1) is 0 Å². The van der Waals surface area contributed by atoms with E-state index in [0.717, 1.165) is 36.5 Å². The van der Waals surface area contributed by atoms with Gasteiger partial charge >= 0.3 is 5.97 Å². The molecule has 1 aromatic carbocycles. The Morgan fingerprint density at radius 1 is 1.23 bits per heavy atom. The van der Waals surface area contributed by atoms with Crippen LogP contribution in [0.4, 0.5) is 0 Å². The molecule has 1 atom stereocenters. The van der Waals surface area contributed by atoms with Gasteiger partial charge in [0.15, 0.2) is 11.8 Å². The summed E-state index contributed by atoms with van der Waals surface area (Å²) in [5, 5.41) is 2.44. The van der Waals surface area contributed by atoms with Gasteiger partial charge in [-0.3, -0.25) is 4.79 Å². The second-order valence-electron chi connectivity index (χ2n) is 6.96. The fourth-order valence-corrected chi connectivity index (χ4v) is 3.75. The molecular weight excluding hydrogens is 348 g/mol. The van der Waals surface area contributed by atoms with E-state index in [1.54, 1.807) is 17.2 Å². The van der Waals surface area contributed by atoms with Crippen LogP contribution in [0, 0.1) is 12.8 Å².